The van der Waals surface area contributed by atoms with E-state index in [1.807, 2.05) is 0 Å². The number of hydrogen-bond acceptors (Lipinski definition) is 5. The second-order valence-electron chi connectivity index (χ2n) is 5.81. The Bertz CT molecular complexity index is 645. The third kappa shape index (κ3) is 6.75. The van der Waals surface area contributed by atoms with Gasteiger partial charge < -0.3 is 15.4 Å². The Labute approximate surface area is 160 Å². The molecule has 0 aliphatic carbocycles. The van der Waals surface area contributed by atoms with Crippen molar-refractivity contribution in [3.05, 3.63) is 29.3 Å². The van der Waals surface area contributed by atoms with Crippen molar-refractivity contribution in [2.45, 2.75) is 30.3 Å². The zero-order valence-electron chi connectivity index (χ0n) is 13.9. The van der Waals surface area contributed by atoms with Crippen LogP contribution in [0, 0.1) is 0 Å². The molecule has 1 aromatic rings. The molecule has 2 rings (SSSR count). The van der Waals surface area contributed by atoms with Gasteiger partial charge in [-0.05, 0) is 50.1 Å². The van der Waals surface area contributed by atoms with Crippen molar-refractivity contribution in [2.24, 2.45) is 5.73 Å². The molecule has 0 spiro atoms. The molecule has 0 radical (unpaired) electrons. The first-order chi connectivity index (χ1) is 11.4. The highest BCUT2D eigenvalue weighted by atomic mass is 35.5. The van der Waals surface area contributed by atoms with Crippen LogP contribution in [0.25, 0.3) is 0 Å². The van der Waals surface area contributed by atoms with E-state index < -0.39 is 15.6 Å². The lowest BCUT2D eigenvalue weighted by Gasteiger charge is -2.32. The van der Waals surface area contributed by atoms with Crippen LogP contribution in [-0.4, -0.2) is 57.3 Å². The molecule has 0 atom stereocenters. The van der Waals surface area contributed by atoms with E-state index in [0.29, 0.717) is 31.3 Å². The van der Waals surface area contributed by atoms with Crippen molar-refractivity contribution in [3.8, 4) is 0 Å². The number of rotatable bonds is 7. The molecule has 1 aliphatic rings. The molecule has 1 amide bonds. The monoisotopic (exact) mass is 410 g/mol. The number of piperidine rings is 1. The van der Waals surface area contributed by atoms with Crippen molar-refractivity contribution in [1.29, 1.82) is 0 Å². The third-order valence-corrected chi connectivity index (χ3v) is 5.85. The quantitative estimate of drug-likeness (QED) is 0.693. The normalized spacial score (nSPS) is 15.7. The SMILES string of the molecule is Cl.NCCCOC1CCN(C(=O)CS(=O)(=O)c2ccc(Cl)cc2)CC1. The van der Waals surface area contributed by atoms with Gasteiger partial charge in [-0.15, -0.1) is 12.4 Å². The fourth-order valence-electron chi connectivity index (χ4n) is 2.58. The second kappa shape index (κ2) is 10.3. The van der Waals surface area contributed by atoms with Crippen LogP contribution in [0.2, 0.25) is 5.02 Å². The summed E-state index contributed by atoms with van der Waals surface area (Å²) < 4.78 is 30.3. The van der Waals surface area contributed by atoms with Crippen molar-refractivity contribution in [2.75, 3.05) is 32.0 Å². The van der Waals surface area contributed by atoms with Gasteiger partial charge in [-0.2, -0.15) is 0 Å². The number of halogens is 2. The van der Waals surface area contributed by atoms with Crippen molar-refractivity contribution in [1.82, 2.24) is 4.90 Å². The molecule has 1 fully saturated rings. The van der Waals surface area contributed by atoms with Crippen molar-refractivity contribution < 1.29 is 17.9 Å². The van der Waals surface area contributed by atoms with E-state index >= 15 is 0 Å². The van der Waals surface area contributed by atoms with E-state index in [1.165, 1.54) is 24.3 Å². The van der Waals surface area contributed by atoms with Gasteiger partial charge in [0.15, 0.2) is 9.84 Å². The van der Waals surface area contributed by atoms with Crippen LogP contribution in [0.15, 0.2) is 29.2 Å². The van der Waals surface area contributed by atoms with Crippen LogP contribution in [0.5, 0.6) is 0 Å². The van der Waals surface area contributed by atoms with Crippen LogP contribution in [0.3, 0.4) is 0 Å². The fourth-order valence-corrected chi connectivity index (χ4v) is 3.94. The maximum Gasteiger partial charge on any atom is 0.238 e. The number of sulfone groups is 1. The van der Waals surface area contributed by atoms with E-state index in [0.717, 1.165) is 19.3 Å². The number of hydrogen-bond donors (Lipinski definition) is 1. The molecule has 0 unspecified atom stereocenters. The third-order valence-electron chi connectivity index (χ3n) is 3.98. The van der Waals surface area contributed by atoms with Gasteiger partial charge in [0.25, 0.3) is 0 Å². The predicted molar refractivity (Wildman–Crippen MR) is 100.0 cm³/mol. The topological polar surface area (TPSA) is 89.7 Å². The summed E-state index contributed by atoms with van der Waals surface area (Å²) in [7, 11) is -3.65. The van der Waals surface area contributed by atoms with E-state index in [4.69, 9.17) is 22.1 Å². The summed E-state index contributed by atoms with van der Waals surface area (Å²) in [6.45, 7) is 2.25. The number of carbonyl (C=O) groups excluding carboxylic acids is 1. The molecular weight excluding hydrogens is 387 g/mol. The molecule has 1 heterocycles. The molecule has 0 saturated carbocycles. The van der Waals surface area contributed by atoms with Gasteiger partial charge in [0.1, 0.15) is 5.75 Å². The summed E-state index contributed by atoms with van der Waals surface area (Å²) in [5.74, 6) is -0.891. The lowest BCUT2D eigenvalue weighted by Crippen LogP contribution is -2.43. The number of ether oxygens (including phenoxy) is 1. The van der Waals surface area contributed by atoms with Crippen molar-refractivity contribution >= 4 is 39.8 Å². The zero-order valence-corrected chi connectivity index (χ0v) is 16.3. The van der Waals surface area contributed by atoms with Gasteiger partial charge in [-0.3, -0.25) is 4.79 Å². The van der Waals surface area contributed by atoms with E-state index in [9.17, 15) is 13.2 Å². The number of nitrogens with zero attached hydrogens (tertiary/aromatic N) is 1. The molecular formula is C16H24Cl2N2O4S. The first-order valence-corrected chi connectivity index (χ1v) is 10.0. The Morgan fingerprint density at radius 3 is 2.40 bits per heavy atom. The molecule has 1 aliphatic heterocycles. The number of amides is 1. The largest absolute Gasteiger partial charge is 0.378 e. The zero-order chi connectivity index (χ0) is 17.6. The smallest absolute Gasteiger partial charge is 0.238 e. The average Bonchev–Trinajstić information content (AvgIpc) is 2.55. The number of carbonyl (C=O) groups is 1. The molecule has 0 aromatic heterocycles. The second-order valence-corrected chi connectivity index (χ2v) is 8.23. The molecule has 6 nitrogen and oxygen atoms in total. The van der Waals surface area contributed by atoms with Crippen molar-refractivity contribution in [3.63, 3.8) is 0 Å². The van der Waals surface area contributed by atoms with E-state index in [1.54, 1.807) is 4.90 Å². The molecule has 142 valence electrons. The standard InChI is InChI=1S/C16H23ClN2O4S.ClH/c17-13-2-4-15(5-3-13)24(21,22)12-16(20)19-9-6-14(7-10-19)23-11-1-8-18;/h2-5,14H,1,6-12,18H2;1H. The highest BCUT2D eigenvalue weighted by Crippen LogP contribution is 2.18. The Morgan fingerprint density at radius 2 is 1.84 bits per heavy atom. The molecule has 1 aromatic carbocycles. The summed E-state index contributed by atoms with van der Waals surface area (Å²) in [5.41, 5.74) is 5.42. The first-order valence-electron chi connectivity index (χ1n) is 8.00. The minimum Gasteiger partial charge on any atom is -0.378 e. The Kier molecular flexibility index (Phi) is 9.16. The lowest BCUT2D eigenvalue weighted by atomic mass is 10.1. The highest BCUT2D eigenvalue weighted by Gasteiger charge is 2.27. The Balaban J connectivity index is 0.00000312. The molecule has 1 saturated heterocycles. The van der Waals surface area contributed by atoms with Gasteiger partial charge in [0.2, 0.25) is 5.91 Å². The summed E-state index contributed by atoms with van der Waals surface area (Å²) >= 11 is 5.76. The van der Waals surface area contributed by atoms with Crippen LogP contribution in [0.1, 0.15) is 19.3 Å². The number of nitrogens with two attached hydrogens (primary N) is 1. The Hall–Kier alpha value is -0.860. The maximum absolute atomic E-state index is 12.3. The molecule has 9 heteroatoms. The van der Waals surface area contributed by atoms with E-state index in [2.05, 4.69) is 0 Å². The van der Waals surface area contributed by atoms with Gasteiger partial charge in [-0.25, -0.2) is 8.42 Å². The van der Waals surface area contributed by atoms with Crippen LogP contribution in [0.4, 0.5) is 0 Å². The minimum absolute atomic E-state index is 0. The number of likely N-dealkylation sites (tertiary alicyclic amines) is 1. The lowest BCUT2D eigenvalue weighted by molar-refractivity contribution is -0.131. The molecule has 0 bridgehead atoms. The van der Waals surface area contributed by atoms with E-state index in [-0.39, 0.29) is 29.3 Å². The van der Waals surface area contributed by atoms with Gasteiger partial charge in [-0.1, -0.05) is 11.6 Å². The summed E-state index contributed by atoms with van der Waals surface area (Å²) in [5, 5.41) is 0.456. The van der Waals surface area contributed by atoms with Gasteiger partial charge >= 0.3 is 0 Å². The first kappa shape index (κ1) is 22.2. The molecule has 25 heavy (non-hydrogen) atoms. The Morgan fingerprint density at radius 1 is 1.24 bits per heavy atom. The predicted octanol–water partition coefficient (Wildman–Crippen LogP) is 1.89. The van der Waals surface area contributed by atoms with Gasteiger partial charge in [0, 0.05) is 24.7 Å². The summed E-state index contributed by atoms with van der Waals surface area (Å²) in [6.07, 6.45) is 2.38. The summed E-state index contributed by atoms with van der Waals surface area (Å²) in [6, 6.07) is 5.84. The maximum atomic E-state index is 12.3. The summed E-state index contributed by atoms with van der Waals surface area (Å²) in [4.78, 5) is 14.0. The fraction of sp³-hybridized carbons (Fsp3) is 0.562. The average molecular weight is 411 g/mol. The van der Waals surface area contributed by atoms with Crippen LogP contribution >= 0.6 is 24.0 Å². The molecule has 2 N–H and O–H groups in total. The number of benzene rings is 1. The van der Waals surface area contributed by atoms with Gasteiger partial charge in [0.05, 0.1) is 11.0 Å². The minimum atomic E-state index is -3.65. The van der Waals surface area contributed by atoms with Crippen LogP contribution < -0.4 is 5.73 Å². The van der Waals surface area contributed by atoms with Crippen LogP contribution in [-0.2, 0) is 19.4 Å². The highest BCUT2D eigenvalue weighted by molar-refractivity contribution is 7.92.